The van der Waals surface area contributed by atoms with Crippen molar-refractivity contribution in [3.05, 3.63) is 94.0 Å². The average Bonchev–Trinajstić information content (AvgIpc) is 2.82. The molecule has 1 aliphatic rings. The van der Waals surface area contributed by atoms with Gasteiger partial charge in [-0.15, -0.1) is 0 Å². The molecule has 0 spiro atoms. The molecule has 1 unspecified atom stereocenters. The van der Waals surface area contributed by atoms with Gasteiger partial charge in [-0.2, -0.15) is 13.2 Å². The van der Waals surface area contributed by atoms with E-state index in [1.165, 1.54) is 31.2 Å². The van der Waals surface area contributed by atoms with E-state index in [1.54, 1.807) is 12.1 Å². The molecule has 0 fully saturated rings. The molecule has 1 amide bonds. The summed E-state index contributed by atoms with van der Waals surface area (Å²) in [6.07, 6.45) is -5.87. The number of fused-ring (bicyclic) bond motifs is 2. The first-order valence-corrected chi connectivity index (χ1v) is 10.3. The van der Waals surface area contributed by atoms with Crippen molar-refractivity contribution < 1.29 is 37.1 Å². The Hall–Kier alpha value is -4.47. The van der Waals surface area contributed by atoms with Crippen LogP contribution in [0.4, 0.5) is 24.5 Å². The number of nitrogen functional groups attached to an aromatic ring is 1. The Morgan fingerprint density at radius 3 is 2.09 bits per heavy atom. The van der Waals surface area contributed by atoms with Crippen molar-refractivity contribution in [2.24, 2.45) is 0 Å². The maximum atomic E-state index is 12.9. The molecule has 0 bridgehead atoms. The standard InChI is InChI=1S/C25H17F3N2O5/c1-12(23(33)30-14-8-6-13(7-9-14)25(26,27)28)35-24(34)18-11-10-17-19(20(18)29)22(32)16-5-3-2-4-15(16)21(17)31/h2-12H,29H2,1H3,(H,30,33). The highest BCUT2D eigenvalue weighted by Gasteiger charge is 2.34. The zero-order valence-electron chi connectivity index (χ0n) is 18.1. The summed E-state index contributed by atoms with van der Waals surface area (Å²) >= 11 is 0. The molecule has 0 saturated heterocycles. The lowest BCUT2D eigenvalue weighted by Gasteiger charge is -2.20. The van der Waals surface area contributed by atoms with Gasteiger partial charge in [0.15, 0.2) is 17.7 Å². The van der Waals surface area contributed by atoms with Crippen LogP contribution in [0.3, 0.4) is 0 Å². The molecule has 3 aromatic carbocycles. The number of ether oxygens (including phenoxy) is 1. The number of ketones is 2. The van der Waals surface area contributed by atoms with Gasteiger partial charge in [0.05, 0.1) is 22.4 Å². The molecule has 10 heteroatoms. The summed E-state index contributed by atoms with van der Waals surface area (Å²) in [6, 6.07) is 12.5. The van der Waals surface area contributed by atoms with E-state index in [9.17, 15) is 32.3 Å². The Morgan fingerprint density at radius 2 is 1.49 bits per heavy atom. The Labute approximate surface area is 196 Å². The predicted molar refractivity (Wildman–Crippen MR) is 119 cm³/mol. The minimum atomic E-state index is -4.52. The van der Waals surface area contributed by atoms with Gasteiger partial charge in [-0.25, -0.2) is 4.79 Å². The third-order valence-corrected chi connectivity index (χ3v) is 5.49. The molecule has 3 N–H and O–H groups in total. The molecule has 0 aromatic heterocycles. The van der Waals surface area contributed by atoms with Crippen LogP contribution in [0.25, 0.3) is 0 Å². The SMILES string of the molecule is CC(OC(=O)c1ccc2c(c1N)C(=O)c1ccccc1C2=O)C(=O)Nc1ccc(C(F)(F)F)cc1. The van der Waals surface area contributed by atoms with Gasteiger partial charge in [0, 0.05) is 22.4 Å². The van der Waals surface area contributed by atoms with Crippen molar-refractivity contribution >= 4 is 34.8 Å². The Balaban J connectivity index is 1.51. The molecule has 1 atom stereocenters. The lowest BCUT2D eigenvalue weighted by Crippen LogP contribution is -2.30. The molecule has 35 heavy (non-hydrogen) atoms. The zero-order valence-corrected chi connectivity index (χ0v) is 18.1. The third kappa shape index (κ3) is 4.37. The number of carbonyl (C=O) groups is 4. The van der Waals surface area contributed by atoms with E-state index >= 15 is 0 Å². The van der Waals surface area contributed by atoms with E-state index in [0.29, 0.717) is 0 Å². The first kappa shape index (κ1) is 23.7. The van der Waals surface area contributed by atoms with Crippen molar-refractivity contribution in [3.63, 3.8) is 0 Å². The largest absolute Gasteiger partial charge is 0.449 e. The van der Waals surface area contributed by atoms with Crippen LogP contribution < -0.4 is 11.1 Å². The van der Waals surface area contributed by atoms with E-state index in [1.807, 2.05) is 0 Å². The Kier molecular flexibility index (Phi) is 5.89. The molecule has 1 aliphatic carbocycles. The highest BCUT2D eigenvalue weighted by Crippen LogP contribution is 2.33. The second-order valence-electron chi connectivity index (χ2n) is 7.77. The van der Waals surface area contributed by atoms with Gasteiger partial charge in [-0.3, -0.25) is 14.4 Å². The maximum absolute atomic E-state index is 12.9. The molecule has 7 nitrogen and oxygen atoms in total. The average molecular weight is 482 g/mol. The molecule has 0 heterocycles. The number of carbonyl (C=O) groups excluding carboxylic acids is 4. The van der Waals surface area contributed by atoms with Crippen LogP contribution in [0, 0.1) is 0 Å². The van der Waals surface area contributed by atoms with Crippen LogP contribution >= 0.6 is 0 Å². The monoisotopic (exact) mass is 482 g/mol. The number of nitrogens with one attached hydrogen (secondary N) is 1. The van der Waals surface area contributed by atoms with Crippen LogP contribution in [0.1, 0.15) is 54.7 Å². The van der Waals surface area contributed by atoms with Gasteiger partial charge in [-0.05, 0) is 43.3 Å². The van der Waals surface area contributed by atoms with Crippen LogP contribution in [0.5, 0.6) is 0 Å². The van der Waals surface area contributed by atoms with Gasteiger partial charge in [0.25, 0.3) is 5.91 Å². The number of hydrogen-bond donors (Lipinski definition) is 2. The van der Waals surface area contributed by atoms with Crippen molar-refractivity contribution in [2.75, 3.05) is 11.1 Å². The fraction of sp³-hybridized carbons (Fsp3) is 0.120. The van der Waals surface area contributed by atoms with Gasteiger partial charge in [-0.1, -0.05) is 24.3 Å². The second-order valence-corrected chi connectivity index (χ2v) is 7.77. The Morgan fingerprint density at radius 1 is 0.886 bits per heavy atom. The van der Waals surface area contributed by atoms with Crippen molar-refractivity contribution in [1.82, 2.24) is 0 Å². The predicted octanol–water partition coefficient (Wildman–Crippen LogP) is 4.25. The molecular formula is C25H17F3N2O5. The summed E-state index contributed by atoms with van der Waals surface area (Å²) in [5, 5.41) is 2.35. The summed E-state index contributed by atoms with van der Waals surface area (Å²) in [4.78, 5) is 50.8. The number of nitrogens with two attached hydrogens (primary N) is 1. The maximum Gasteiger partial charge on any atom is 0.416 e. The molecule has 178 valence electrons. The number of benzene rings is 3. The molecular weight excluding hydrogens is 465 g/mol. The van der Waals surface area contributed by atoms with E-state index in [2.05, 4.69) is 5.32 Å². The lowest BCUT2D eigenvalue weighted by molar-refractivity contribution is -0.137. The molecule has 4 rings (SSSR count). The highest BCUT2D eigenvalue weighted by atomic mass is 19.4. The second kappa shape index (κ2) is 8.71. The number of halogens is 3. The molecule has 3 aromatic rings. The first-order chi connectivity index (χ1) is 16.5. The zero-order chi connectivity index (χ0) is 25.5. The number of amides is 1. The van der Waals surface area contributed by atoms with Crippen LogP contribution in [-0.4, -0.2) is 29.5 Å². The highest BCUT2D eigenvalue weighted by molar-refractivity contribution is 6.30. The summed E-state index contributed by atoms with van der Waals surface area (Å²) < 4.78 is 43.2. The van der Waals surface area contributed by atoms with Crippen LogP contribution in [-0.2, 0) is 15.7 Å². The molecule has 0 aliphatic heterocycles. The number of anilines is 2. The van der Waals surface area contributed by atoms with Crippen molar-refractivity contribution in [2.45, 2.75) is 19.2 Å². The fourth-order valence-corrected chi connectivity index (χ4v) is 3.65. The number of alkyl halides is 3. The van der Waals surface area contributed by atoms with Gasteiger partial charge >= 0.3 is 12.1 Å². The Bertz CT molecular complexity index is 1380. The molecule has 0 saturated carbocycles. The lowest BCUT2D eigenvalue weighted by atomic mass is 9.82. The normalized spacial score (nSPS) is 13.5. The summed E-state index contributed by atoms with van der Waals surface area (Å²) in [5.41, 5.74) is 5.12. The quantitative estimate of drug-likeness (QED) is 0.332. The summed E-state index contributed by atoms with van der Waals surface area (Å²) in [6.45, 7) is 1.26. The first-order valence-electron chi connectivity index (χ1n) is 10.3. The van der Waals surface area contributed by atoms with Gasteiger partial charge in [0.1, 0.15) is 0 Å². The van der Waals surface area contributed by atoms with Crippen molar-refractivity contribution in [3.8, 4) is 0 Å². The third-order valence-electron chi connectivity index (χ3n) is 5.49. The van der Waals surface area contributed by atoms with E-state index in [4.69, 9.17) is 10.5 Å². The fourth-order valence-electron chi connectivity index (χ4n) is 3.65. The van der Waals surface area contributed by atoms with E-state index < -0.39 is 41.3 Å². The smallest absolute Gasteiger partial charge is 0.416 e. The number of hydrogen-bond acceptors (Lipinski definition) is 6. The minimum absolute atomic E-state index is 0.0517. The van der Waals surface area contributed by atoms with Gasteiger partial charge in [0.2, 0.25) is 0 Å². The number of rotatable bonds is 4. The van der Waals surface area contributed by atoms with Crippen molar-refractivity contribution in [1.29, 1.82) is 0 Å². The van der Waals surface area contributed by atoms with E-state index in [0.717, 1.165) is 24.3 Å². The van der Waals surface area contributed by atoms with Gasteiger partial charge < -0.3 is 15.8 Å². The topological polar surface area (TPSA) is 116 Å². The minimum Gasteiger partial charge on any atom is -0.449 e. The summed E-state index contributed by atoms with van der Waals surface area (Å²) in [5.74, 6) is -2.74. The van der Waals surface area contributed by atoms with Crippen LogP contribution in [0.15, 0.2) is 60.7 Å². The number of esters is 1. The van der Waals surface area contributed by atoms with Crippen LogP contribution in [0.2, 0.25) is 0 Å². The summed E-state index contributed by atoms with van der Waals surface area (Å²) in [7, 11) is 0. The van der Waals surface area contributed by atoms with E-state index in [-0.39, 0.29) is 39.2 Å². The molecule has 0 radical (unpaired) electrons.